The van der Waals surface area contributed by atoms with Crippen molar-refractivity contribution >= 4 is 34.5 Å². The van der Waals surface area contributed by atoms with Gasteiger partial charge in [0, 0.05) is 22.2 Å². The Kier molecular flexibility index (Phi) is 5.76. The highest BCUT2D eigenvalue weighted by Gasteiger charge is 2.47. The maximum atomic E-state index is 13.4. The predicted molar refractivity (Wildman–Crippen MR) is 133 cm³/mol. The molecule has 7 nitrogen and oxygen atoms in total. The SMILES string of the molecule is COc1cc(C)c(/C(O)=C2\C(=O)C(=O)N(c3ccc4c(c3)OCO4)C2c2cccs2)cc1C(C)C. The van der Waals surface area contributed by atoms with Crippen molar-refractivity contribution in [3.05, 3.63) is 75.0 Å². The van der Waals surface area contributed by atoms with Crippen molar-refractivity contribution in [2.45, 2.75) is 32.7 Å². The van der Waals surface area contributed by atoms with Gasteiger partial charge in [0.25, 0.3) is 11.7 Å². The summed E-state index contributed by atoms with van der Waals surface area (Å²) >= 11 is 1.42. The van der Waals surface area contributed by atoms with Crippen molar-refractivity contribution < 1.29 is 28.9 Å². The van der Waals surface area contributed by atoms with E-state index in [1.807, 2.05) is 50.4 Å². The van der Waals surface area contributed by atoms with E-state index in [0.717, 1.165) is 16.0 Å². The molecule has 0 saturated carbocycles. The highest BCUT2D eigenvalue weighted by atomic mass is 32.1. The number of benzene rings is 2. The van der Waals surface area contributed by atoms with Gasteiger partial charge in [-0.05, 0) is 59.7 Å². The molecule has 1 N–H and O–H groups in total. The zero-order chi connectivity index (χ0) is 24.9. The quantitative estimate of drug-likeness (QED) is 0.286. The molecule has 2 aliphatic rings. The van der Waals surface area contributed by atoms with E-state index >= 15 is 0 Å². The molecule has 2 aromatic carbocycles. The number of aryl methyl sites for hydroxylation is 1. The molecule has 0 bridgehead atoms. The first-order valence-corrected chi connectivity index (χ1v) is 12.1. The van der Waals surface area contributed by atoms with Gasteiger partial charge in [-0.3, -0.25) is 14.5 Å². The zero-order valence-corrected chi connectivity index (χ0v) is 20.6. The Morgan fingerprint density at radius 3 is 2.60 bits per heavy atom. The molecular weight excluding hydrogens is 466 g/mol. The van der Waals surface area contributed by atoms with Crippen LogP contribution >= 0.6 is 11.3 Å². The molecule has 0 aliphatic carbocycles. The van der Waals surface area contributed by atoms with Crippen LogP contribution < -0.4 is 19.1 Å². The Balaban J connectivity index is 1.70. The first-order valence-electron chi connectivity index (χ1n) is 11.2. The normalized spacial score (nSPS) is 18.5. The minimum absolute atomic E-state index is 0.0538. The van der Waals surface area contributed by atoms with Crippen LogP contribution in [0.1, 0.15) is 47.4 Å². The van der Waals surface area contributed by atoms with E-state index < -0.39 is 17.7 Å². The summed E-state index contributed by atoms with van der Waals surface area (Å²) < 4.78 is 16.4. The topological polar surface area (TPSA) is 85.3 Å². The number of aliphatic hydroxyl groups is 1. The number of hydrogen-bond donors (Lipinski definition) is 1. The summed E-state index contributed by atoms with van der Waals surface area (Å²) in [6.45, 7) is 6.00. The largest absolute Gasteiger partial charge is 0.507 e. The van der Waals surface area contributed by atoms with Crippen molar-refractivity contribution in [2.75, 3.05) is 18.8 Å². The third-order valence-corrected chi connectivity index (χ3v) is 7.27. The molecule has 0 radical (unpaired) electrons. The summed E-state index contributed by atoms with van der Waals surface area (Å²) in [6, 6.07) is 11.7. The van der Waals surface area contributed by atoms with Crippen molar-refractivity contribution in [3.63, 3.8) is 0 Å². The van der Waals surface area contributed by atoms with E-state index in [0.29, 0.717) is 28.5 Å². The third kappa shape index (κ3) is 3.74. The lowest BCUT2D eigenvalue weighted by Crippen LogP contribution is -2.29. The fourth-order valence-corrected chi connectivity index (χ4v) is 5.40. The van der Waals surface area contributed by atoms with E-state index in [4.69, 9.17) is 14.2 Å². The van der Waals surface area contributed by atoms with Gasteiger partial charge in [0.05, 0.1) is 12.7 Å². The van der Waals surface area contributed by atoms with E-state index in [9.17, 15) is 14.7 Å². The second-order valence-corrected chi connectivity index (χ2v) is 9.77. The van der Waals surface area contributed by atoms with E-state index in [1.54, 1.807) is 25.3 Å². The van der Waals surface area contributed by atoms with Crippen LogP contribution in [0.5, 0.6) is 17.2 Å². The molecular formula is C27H25NO6S. The van der Waals surface area contributed by atoms with Gasteiger partial charge in [-0.25, -0.2) is 0 Å². The number of ether oxygens (including phenoxy) is 3. The van der Waals surface area contributed by atoms with Gasteiger partial charge in [-0.2, -0.15) is 0 Å². The fourth-order valence-electron chi connectivity index (χ4n) is 4.58. The summed E-state index contributed by atoms with van der Waals surface area (Å²) in [6.07, 6.45) is 0. The van der Waals surface area contributed by atoms with E-state index in [2.05, 4.69) is 0 Å². The molecule has 1 amide bonds. The number of nitrogens with zero attached hydrogens (tertiary/aromatic N) is 1. The van der Waals surface area contributed by atoms with Gasteiger partial charge in [-0.15, -0.1) is 11.3 Å². The number of Topliss-reactive ketones (excluding diaryl/α,β-unsaturated/α-hetero) is 1. The predicted octanol–water partition coefficient (Wildman–Crippen LogP) is 5.54. The van der Waals surface area contributed by atoms with Gasteiger partial charge >= 0.3 is 0 Å². The van der Waals surface area contributed by atoms with Gasteiger partial charge in [-0.1, -0.05) is 19.9 Å². The molecule has 5 rings (SSSR count). The average Bonchev–Trinajstić information content (AvgIpc) is 3.58. The number of amides is 1. The minimum atomic E-state index is -0.778. The number of rotatable bonds is 5. The van der Waals surface area contributed by atoms with Crippen LogP contribution in [0.3, 0.4) is 0 Å². The zero-order valence-electron chi connectivity index (χ0n) is 19.8. The molecule has 2 aliphatic heterocycles. The number of carbonyl (C=O) groups is 2. The van der Waals surface area contributed by atoms with Gasteiger partial charge in [0.15, 0.2) is 11.5 Å². The Labute approximate surface area is 207 Å². The number of carbonyl (C=O) groups excluding carboxylic acids is 2. The molecule has 3 aromatic rings. The van der Waals surface area contributed by atoms with Crippen molar-refractivity contribution in [2.24, 2.45) is 0 Å². The Morgan fingerprint density at radius 1 is 1.14 bits per heavy atom. The fraction of sp³-hybridized carbons (Fsp3) is 0.259. The lowest BCUT2D eigenvalue weighted by molar-refractivity contribution is -0.132. The maximum Gasteiger partial charge on any atom is 0.300 e. The molecule has 8 heteroatoms. The smallest absolute Gasteiger partial charge is 0.300 e. The van der Waals surface area contributed by atoms with E-state index in [-0.39, 0.29) is 24.0 Å². The van der Waals surface area contributed by atoms with Crippen molar-refractivity contribution in [1.82, 2.24) is 0 Å². The number of hydrogen-bond acceptors (Lipinski definition) is 7. The molecule has 1 atom stereocenters. The highest BCUT2D eigenvalue weighted by molar-refractivity contribution is 7.10. The highest BCUT2D eigenvalue weighted by Crippen LogP contribution is 2.46. The van der Waals surface area contributed by atoms with E-state index in [1.165, 1.54) is 16.2 Å². The summed E-state index contributed by atoms with van der Waals surface area (Å²) in [5.74, 6) is 0.270. The first kappa shape index (κ1) is 23.0. The molecule has 180 valence electrons. The lowest BCUT2D eigenvalue weighted by atomic mass is 9.92. The van der Waals surface area contributed by atoms with Crippen molar-refractivity contribution in [1.29, 1.82) is 0 Å². The van der Waals surface area contributed by atoms with Crippen LogP contribution in [-0.4, -0.2) is 30.7 Å². The number of thiophene rings is 1. The summed E-state index contributed by atoms with van der Waals surface area (Å²) in [4.78, 5) is 29.0. The average molecular weight is 492 g/mol. The molecule has 3 heterocycles. The van der Waals surface area contributed by atoms with Crippen LogP contribution in [-0.2, 0) is 9.59 Å². The number of methoxy groups -OCH3 is 1. The molecule has 1 aromatic heterocycles. The molecule has 0 spiro atoms. The third-order valence-electron chi connectivity index (χ3n) is 6.35. The van der Waals surface area contributed by atoms with Crippen LogP contribution in [0, 0.1) is 6.92 Å². The molecule has 1 fully saturated rings. The standard InChI is InChI=1S/C27H25NO6S/c1-14(2)17-12-18(15(3)10-20(17)32-4)25(29)23-24(22-6-5-9-35-22)28(27(31)26(23)30)16-7-8-19-21(11-16)34-13-33-19/h5-12,14,24,29H,13H2,1-4H3/b25-23+. The van der Waals surface area contributed by atoms with Crippen LogP contribution in [0.25, 0.3) is 5.76 Å². The molecule has 35 heavy (non-hydrogen) atoms. The Bertz CT molecular complexity index is 1360. The summed E-state index contributed by atoms with van der Waals surface area (Å²) in [5.41, 5.74) is 2.68. The van der Waals surface area contributed by atoms with Crippen LogP contribution in [0.15, 0.2) is 53.4 Å². The second kappa shape index (κ2) is 8.78. The van der Waals surface area contributed by atoms with Gasteiger partial charge in [0.1, 0.15) is 17.6 Å². The number of anilines is 1. The number of fused-ring (bicyclic) bond motifs is 1. The number of aliphatic hydroxyl groups excluding tert-OH is 1. The Morgan fingerprint density at radius 2 is 1.91 bits per heavy atom. The first-order chi connectivity index (χ1) is 16.8. The van der Waals surface area contributed by atoms with Crippen molar-refractivity contribution in [3.8, 4) is 17.2 Å². The van der Waals surface area contributed by atoms with Gasteiger partial charge in [0.2, 0.25) is 6.79 Å². The van der Waals surface area contributed by atoms with Crippen LogP contribution in [0.2, 0.25) is 0 Å². The second-order valence-electron chi connectivity index (χ2n) is 8.79. The molecule has 1 unspecified atom stereocenters. The molecule has 1 saturated heterocycles. The monoisotopic (exact) mass is 491 g/mol. The van der Waals surface area contributed by atoms with Gasteiger partial charge < -0.3 is 19.3 Å². The summed E-state index contributed by atoms with van der Waals surface area (Å²) in [5, 5.41) is 13.4. The maximum absolute atomic E-state index is 13.4. The summed E-state index contributed by atoms with van der Waals surface area (Å²) in [7, 11) is 1.61. The number of ketones is 1. The minimum Gasteiger partial charge on any atom is -0.507 e. The van der Waals surface area contributed by atoms with Crippen LogP contribution in [0.4, 0.5) is 5.69 Å². The Hall–Kier alpha value is -3.78. The lowest BCUT2D eigenvalue weighted by Gasteiger charge is -2.24.